The average molecular weight is 360 g/mol. The SMILES string of the molecule is NCC1C=CC(c2n[nH]c(C3=NC(c4cccnc4)C=CN=C3N)n2)=CC1. The van der Waals surface area contributed by atoms with Gasteiger partial charge >= 0.3 is 0 Å². The largest absolute Gasteiger partial charge is 0.382 e. The minimum absolute atomic E-state index is 0.244. The molecule has 0 aromatic carbocycles. The lowest BCUT2D eigenvalue weighted by molar-refractivity contribution is 0.670. The summed E-state index contributed by atoms with van der Waals surface area (Å²) >= 11 is 0. The molecule has 2 unspecified atom stereocenters. The topological polar surface area (TPSA) is 131 Å². The second-order valence-corrected chi connectivity index (χ2v) is 6.32. The molecule has 8 nitrogen and oxygen atoms in total. The zero-order valence-electron chi connectivity index (χ0n) is 14.7. The molecule has 1 aliphatic carbocycles. The summed E-state index contributed by atoms with van der Waals surface area (Å²) in [7, 11) is 0. The highest BCUT2D eigenvalue weighted by atomic mass is 15.2. The lowest BCUT2D eigenvalue weighted by atomic mass is 9.97. The number of nitrogens with one attached hydrogen (secondary N) is 1. The van der Waals surface area contributed by atoms with E-state index < -0.39 is 0 Å². The Morgan fingerprint density at radius 1 is 1.26 bits per heavy atom. The molecule has 0 saturated carbocycles. The van der Waals surface area contributed by atoms with Gasteiger partial charge < -0.3 is 11.5 Å². The fraction of sp³-hybridized carbons (Fsp3) is 0.211. The maximum absolute atomic E-state index is 6.10. The van der Waals surface area contributed by atoms with E-state index in [1.165, 1.54) is 0 Å². The lowest BCUT2D eigenvalue weighted by Crippen LogP contribution is -2.26. The van der Waals surface area contributed by atoms with Crippen LogP contribution in [-0.2, 0) is 0 Å². The fourth-order valence-electron chi connectivity index (χ4n) is 2.94. The van der Waals surface area contributed by atoms with E-state index in [2.05, 4.69) is 37.3 Å². The summed E-state index contributed by atoms with van der Waals surface area (Å²) in [6.45, 7) is 0.631. The first-order valence-electron chi connectivity index (χ1n) is 8.74. The van der Waals surface area contributed by atoms with Crippen molar-refractivity contribution in [2.75, 3.05) is 6.54 Å². The van der Waals surface area contributed by atoms with Gasteiger partial charge in [0.1, 0.15) is 5.71 Å². The molecule has 0 bridgehead atoms. The van der Waals surface area contributed by atoms with E-state index >= 15 is 0 Å². The van der Waals surface area contributed by atoms with Gasteiger partial charge in [0, 0.05) is 24.2 Å². The zero-order chi connectivity index (χ0) is 18.6. The van der Waals surface area contributed by atoms with Crippen molar-refractivity contribution >= 4 is 17.1 Å². The summed E-state index contributed by atoms with van der Waals surface area (Å²) in [4.78, 5) is 17.7. The van der Waals surface area contributed by atoms with E-state index in [0.717, 1.165) is 17.6 Å². The van der Waals surface area contributed by atoms with Crippen LogP contribution in [0.4, 0.5) is 0 Å². The van der Waals surface area contributed by atoms with Crippen LogP contribution in [0.15, 0.2) is 65.0 Å². The number of aliphatic imine (C=N–C) groups is 2. The Hall–Kier alpha value is -3.39. The molecule has 136 valence electrons. The molecular formula is C19H20N8. The van der Waals surface area contributed by atoms with E-state index in [9.17, 15) is 0 Å². The highest BCUT2D eigenvalue weighted by molar-refractivity contribution is 6.46. The molecule has 4 rings (SSSR count). The van der Waals surface area contributed by atoms with Gasteiger partial charge in [-0.3, -0.25) is 15.1 Å². The van der Waals surface area contributed by atoms with Crippen LogP contribution in [0.1, 0.15) is 29.7 Å². The molecule has 2 aromatic rings. The van der Waals surface area contributed by atoms with Crippen LogP contribution in [0.2, 0.25) is 0 Å². The molecule has 1 aliphatic heterocycles. The predicted octanol–water partition coefficient (Wildman–Crippen LogP) is 1.53. The number of hydrogen-bond acceptors (Lipinski definition) is 7. The van der Waals surface area contributed by atoms with Gasteiger partial charge in [0.05, 0.1) is 6.04 Å². The first kappa shape index (κ1) is 17.0. The van der Waals surface area contributed by atoms with E-state index in [1.807, 2.05) is 24.3 Å². The van der Waals surface area contributed by atoms with Gasteiger partial charge in [-0.1, -0.05) is 24.3 Å². The number of hydrogen-bond donors (Lipinski definition) is 3. The fourth-order valence-corrected chi connectivity index (χ4v) is 2.94. The second kappa shape index (κ2) is 7.46. The summed E-state index contributed by atoms with van der Waals surface area (Å²) in [6.07, 6.45) is 14.1. The number of pyridine rings is 1. The molecule has 0 radical (unpaired) electrons. The molecule has 8 heteroatoms. The van der Waals surface area contributed by atoms with Crippen molar-refractivity contribution in [1.82, 2.24) is 20.2 Å². The number of rotatable bonds is 4. The van der Waals surface area contributed by atoms with Gasteiger partial charge in [-0.2, -0.15) is 5.10 Å². The number of aromatic amines is 1. The third-order valence-electron chi connectivity index (χ3n) is 4.48. The molecule has 0 fully saturated rings. The molecule has 0 amide bonds. The van der Waals surface area contributed by atoms with E-state index in [4.69, 9.17) is 16.5 Å². The van der Waals surface area contributed by atoms with Crippen LogP contribution in [0.25, 0.3) is 5.57 Å². The quantitative estimate of drug-likeness (QED) is 0.761. The highest BCUT2D eigenvalue weighted by Crippen LogP contribution is 2.23. The van der Waals surface area contributed by atoms with Crippen molar-refractivity contribution in [2.45, 2.75) is 12.5 Å². The van der Waals surface area contributed by atoms with E-state index in [1.54, 1.807) is 18.6 Å². The van der Waals surface area contributed by atoms with Crippen LogP contribution in [0, 0.1) is 5.92 Å². The number of allylic oxidation sites excluding steroid dienone is 3. The van der Waals surface area contributed by atoms with Gasteiger partial charge in [0.2, 0.25) is 0 Å². The molecule has 5 N–H and O–H groups in total. The van der Waals surface area contributed by atoms with Crippen molar-refractivity contribution in [1.29, 1.82) is 0 Å². The molecule has 0 saturated heterocycles. The first-order valence-corrected chi connectivity index (χ1v) is 8.74. The predicted molar refractivity (Wildman–Crippen MR) is 105 cm³/mol. The summed E-state index contributed by atoms with van der Waals surface area (Å²) < 4.78 is 0. The molecule has 27 heavy (non-hydrogen) atoms. The van der Waals surface area contributed by atoms with Crippen LogP contribution in [0.3, 0.4) is 0 Å². The van der Waals surface area contributed by atoms with E-state index in [-0.39, 0.29) is 11.9 Å². The summed E-state index contributed by atoms with van der Waals surface area (Å²) in [5, 5.41) is 7.25. The molecule has 2 aromatic heterocycles. The normalized spacial score (nSPS) is 22.0. The Kier molecular flexibility index (Phi) is 4.71. The van der Waals surface area contributed by atoms with Gasteiger partial charge in [-0.25, -0.2) is 9.98 Å². The van der Waals surface area contributed by atoms with Crippen molar-refractivity contribution in [3.8, 4) is 0 Å². The molecule has 2 aliphatic rings. The number of amidine groups is 1. The van der Waals surface area contributed by atoms with Crippen molar-refractivity contribution < 1.29 is 0 Å². The monoisotopic (exact) mass is 360 g/mol. The Balaban J connectivity index is 1.64. The van der Waals surface area contributed by atoms with E-state index in [0.29, 0.717) is 29.8 Å². The first-order chi connectivity index (χ1) is 13.2. The maximum Gasteiger partial charge on any atom is 0.181 e. The minimum Gasteiger partial charge on any atom is -0.382 e. The maximum atomic E-state index is 6.10. The van der Waals surface area contributed by atoms with Gasteiger partial charge in [0.25, 0.3) is 0 Å². The van der Waals surface area contributed by atoms with Crippen molar-refractivity contribution in [2.24, 2.45) is 27.4 Å². The zero-order valence-corrected chi connectivity index (χ0v) is 14.7. The third-order valence-corrected chi connectivity index (χ3v) is 4.48. The number of H-pyrrole nitrogens is 1. The molecule has 0 spiro atoms. The van der Waals surface area contributed by atoms with Crippen LogP contribution >= 0.6 is 0 Å². The Morgan fingerprint density at radius 2 is 2.19 bits per heavy atom. The van der Waals surface area contributed by atoms with Gasteiger partial charge in [-0.15, -0.1) is 0 Å². The summed E-state index contributed by atoms with van der Waals surface area (Å²) in [5.41, 5.74) is 14.2. The molecule has 2 atom stereocenters. The Morgan fingerprint density at radius 3 is 2.93 bits per heavy atom. The molecule has 3 heterocycles. The van der Waals surface area contributed by atoms with Gasteiger partial charge in [0.15, 0.2) is 17.5 Å². The second-order valence-electron chi connectivity index (χ2n) is 6.32. The van der Waals surface area contributed by atoms with Crippen LogP contribution in [0.5, 0.6) is 0 Å². The average Bonchev–Trinajstić information content (AvgIpc) is 3.12. The number of nitrogens with two attached hydrogens (primary N) is 2. The van der Waals surface area contributed by atoms with Crippen LogP contribution in [-0.4, -0.2) is 38.3 Å². The standard InChI is InChI=1S/C19H20N8/c20-10-12-3-5-13(6-4-12)18-25-19(27-26-18)16-17(21)23-9-7-15(24-16)14-2-1-8-22-11-14/h1-3,5-9,11-12,15H,4,10,20H2,(H2,21,23)(H,25,26,27). The van der Waals surface area contributed by atoms with Crippen molar-refractivity contribution in [3.63, 3.8) is 0 Å². The van der Waals surface area contributed by atoms with Crippen molar-refractivity contribution in [3.05, 3.63) is 72.2 Å². The third kappa shape index (κ3) is 3.61. The van der Waals surface area contributed by atoms with Gasteiger partial charge in [-0.05, 0) is 36.6 Å². The Labute approximate surface area is 156 Å². The summed E-state index contributed by atoms with van der Waals surface area (Å²) in [6, 6.07) is 3.59. The highest BCUT2D eigenvalue weighted by Gasteiger charge is 2.20. The van der Waals surface area contributed by atoms with Crippen LogP contribution < -0.4 is 11.5 Å². The summed E-state index contributed by atoms with van der Waals surface area (Å²) in [5.74, 6) is 1.74. The Bertz CT molecular complexity index is 965. The number of aromatic nitrogens is 4. The lowest BCUT2D eigenvalue weighted by Gasteiger charge is -2.12. The molecular weight excluding hydrogens is 340 g/mol. The minimum atomic E-state index is -0.244. The number of nitrogens with zero attached hydrogens (tertiary/aromatic N) is 5. The smallest absolute Gasteiger partial charge is 0.181 e.